The summed E-state index contributed by atoms with van der Waals surface area (Å²) in [5.74, 6) is 0. The lowest BCUT2D eigenvalue weighted by Gasteiger charge is -2.45. The van der Waals surface area contributed by atoms with E-state index in [1.165, 1.54) is 18.4 Å². The molecule has 1 unspecified atom stereocenters. The Balaban J connectivity index is 2.25. The molecule has 1 fully saturated rings. The zero-order valence-corrected chi connectivity index (χ0v) is 14.1. The van der Waals surface area contributed by atoms with Gasteiger partial charge < -0.3 is 10.1 Å². The molecule has 0 saturated carbocycles. The van der Waals surface area contributed by atoms with Crippen LogP contribution in [0.5, 0.6) is 0 Å². The molecule has 1 N–H and O–H groups in total. The second kappa shape index (κ2) is 6.93. The van der Waals surface area contributed by atoms with Crippen molar-refractivity contribution in [3.8, 4) is 0 Å². The Kier molecular flexibility index (Phi) is 5.45. The molecule has 1 saturated heterocycles. The van der Waals surface area contributed by atoms with Gasteiger partial charge in [0.1, 0.15) is 0 Å². The highest BCUT2D eigenvalue weighted by Crippen LogP contribution is 2.40. The van der Waals surface area contributed by atoms with Gasteiger partial charge in [0.05, 0.1) is 0 Å². The minimum absolute atomic E-state index is 0.222. The minimum atomic E-state index is 0.222. The highest BCUT2D eigenvalue weighted by atomic mass is 16.5. The SMILES string of the molecule is CNC(CCC(C)(C)C)C1(c2ccccc2)CCOCC1. The van der Waals surface area contributed by atoms with Gasteiger partial charge in [0.15, 0.2) is 0 Å². The Morgan fingerprint density at radius 1 is 1.14 bits per heavy atom. The maximum absolute atomic E-state index is 5.66. The summed E-state index contributed by atoms with van der Waals surface area (Å²) in [6, 6.07) is 11.6. The first kappa shape index (κ1) is 16.5. The fraction of sp³-hybridized carbons (Fsp3) is 0.684. The van der Waals surface area contributed by atoms with Crippen molar-refractivity contribution in [3.05, 3.63) is 35.9 Å². The molecular weight excluding hydrogens is 258 g/mol. The van der Waals surface area contributed by atoms with Crippen LogP contribution in [0.2, 0.25) is 0 Å². The second-order valence-corrected chi connectivity index (χ2v) is 7.58. The van der Waals surface area contributed by atoms with Gasteiger partial charge in [-0.1, -0.05) is 51.1 Å². The monoisotopic (exact) mass is 289 g/mol. The molecule has 2 heteroatoms. The van der Waals surface area contributed by atoms with Gasteiger partial charge in [-0.2, -0.15) is 0 Å². The van der Waals surface area contributed by atoms with Crippen LogP contribution in [-0.2, 0) is 10.2 Å². The molecule has 0 amide bonds. The summed E-state index contributed by atoms with van der Waals surface area (Å²) in [7, 11) is 2.12. The Morgan fingerprint density at radius 2 is 1.76 bits per heavy atom. The fourth-order valence-corrected chi connectivity index (χ4v) is 3.62. The lowest BCUT2D eigenvalue weighted by molar-refractivity contribution is 0.0324. The van der Waals surface area contributed by atoms with E-state index < -0.39 is 0 Å². The van der Waals surface area contributed by atoms with E-state index in [9.17, 15) is 0 Å². The van der Waals surface area contributed by atoms with E-state index in [4.69, 9.17) is 4.74 Å². The molecule has 0 aromatic heterocycles. The summed E-state index contributed by atoms with van der Waals surface area (Å²) >= 11 is 0. The summed E-state index contributed by atoms with van der Waals surface area (Å²) in [6.07, 6.45) is 4.70. The van der Waals surface area contributed by atoms with Gasteiger partial charge in [0.25, 0.3) is 0 Å². The van der Waals surface area contributed by atoms with Crippen LogP contribution < -0.4 is 5.32 Å². The summed E-state index contributed by atoms with van der Waals surface area (Å²) in [4.78, 5) is 0. The molecule has 1 aromatic rings. The summed E-state index contributed by atoms with van der Waals surface area (Å²) in [6.45, 7) is 8.75. The third kappa shape index (κ3) is 4.08. The Labute approximate surface area is 130 Å². The predicted octanol–water partition coefficient (Wildman–Crippen LogP) is 4.15. The van der Waals surface area contributed by atoms with Crippen LogP contribution in [0.25, 0.3) is 0 Å². The average molecular weight is 289 g/mol. The third-order valence-corrected chi connectivity index (χ3v) is 4.93. The van der Waals surface area contributed by atoms with E-state index in [0.717, 1.165) is 26.1 Å². The molecule has 1 aliphatic rings. The van der Waals surface area contributed by atoms with Gasteiger partial charge >= 0.3 is 0 Å². The van der Waals surface area contributed by atoms with Crippen molar-refractivity contribution in [1.82, 2.24) is 5.32 Å². The summed E-state index contributed by atoms with van der Waals surface area (Å²) in [5.41, 5.74) is 2.08. The van der Waals surface area contributed by atoms with E-state index in [0.29, 0.717) is 11.5 Å². The quantitative estimate of drug-likeness (QED) is 0.879. The highest BCUT2D eigenvalue weighted by Gasteiger charge is 2.41. The van der Waals surface area contributed by atoms with Gasteiger partial charge in [-0.05, 0) is 43.7 Å². The van der Waals surface area contributed by atoms with Crippen molar-refractivity contribution in [2.45, 2.75) is 57.9 Å². The number of benzene rings is 1. The van der Waals surface area contributed by atoms with Gasteiger partial charge in [0, 0.05) is 24.7 Å². The van der Waals surface area contributed by atoms with Gasteiger partial charge in [-0.25, -0.2) is 0 Å². The fourth-order valence-electron chi connectivity index (χ4n) is 3.62. The first-order chi connectivity index (χ1) is 9.98. The lowest BCUT2D eigenvalue weighted by atomic mass is 9.66. The Hall–Kier alpha value is -0.860. The number of ether oxygens (including phenoxy) is 1. The standard InChI is InChI=1S/C19H31NO/c1-18(2,3)11-10-17(20-4)19(12-14-21-15-13-19)16-8-6-5-7-9-16/h5-9,17,20H,10-15H2,1-4H3. The van der Waals surface area contributed by atoms with E-state index in [1.54, 1.807) is 0 Å². The highest BCUT2D eigenvalue weighted by molar-refractivity contribution is 5.28. The summed E-state index contributed by atoms with van der Waals surface area (Å²) < 4.78 is 5.66. The Morgan fingerprint density at radius 3 is 2.29 bits per heavy atom. The van der Waals surface area contributed by atoms with E-state index >= 15 is 0 Å². The van der Waals surface area contributed by atoms with Crippen molar-refractivity contribution < 1.29 is 4.74 Å². The lowest BCUT2D eigenvalue weighted by Crippen LogP contribution is -2.50. The van der Waals surface area contributed by atoms with Crippen LogP contribution in [0.3, 0.4) is 0 Å². The summed E-state index contributed by atoms with van der Waals surface area (Å²) in [5, 5.41) is 3.63. The molecule has 1 heterocycles. The van der Waals surface area contributed by atoms with E-state index in [-0.39, 0.29) is 5.41 Å². The van der Waals surface area contributed by atoms with Crippen LogP contribution in [0.4, 0.5) is 0 Å². The number of rotatable bonds is 5. The van der Waals surface area contributed by atoms with Crippen molar-refractivity contribution in [3.63, 3.8) is 0 Å². The molecule has 0 aliphatic carbocycles. The predicted molar refractivity (Wildman–Crippen MR) is 89.7 cm³/mol. The Bertz CT molecular complexity index is 415. The molecule has 0 bridgehead atoms. The number of nitrogens with one attached hydrogen (secondary N) is 1. The van der Waals surface area contributed by atoms with Gasteiger partial charge in [0.2, 0.25) is 0 Å². The first-order valence-corrected chi connectivity index (χ1v) is 8.28. The molecular formula is C19H31NO. The van der Waals surface area contributed by atoms with Gasteiger partial charge in [-0.15, -0.1) is 0 Å². The molecule has 0 radical (unpaired) electrons. The van der Waals surface area contributed by atoms with E-state index in [1.807, 2.05) is 0 Å². The molecule has 1 aromatic carbocycles. The maximum atomic E-state index is 5.66. The van der Waals surface area contributed by atoms with Crippen LogP contribution in [0.15, 0.2) is 30.3 Å². The molecule has 2 rings (SSSR count). The molecule has 21 heavy (non-hydrogen) atoms. The van der Waals surface area contributed by atoms with E-state index in [2.05, 4.69) is 63.5 Å². The smallest absolute Gasteiger partial charge is 0.0475 e. The molecule has 118 valence electrons. The van der Waals surface area contributed by atoms with Crippen LogP contribution in [0, 0.1) is 5.41 Å². The molecule has 1 atom stereocenters. The molecule has 0 spiro atoms. The van der Waals surface area contributed by atoms with Crippen molar-refractivity contribution in [2.24, 2.45) is 5.41 Å². The van der Waals surface area contributed by atoms with Crippen LogP contribution in [0.1, 0.15) is 52.0 Å². The van der Waals surface area contributed by atoms with Crippen molar-refractivity contribution in [1.29, 1.82) is 0 Å². The average Bonchev–Trinajstić information content (AvgIpc) is 2.48. The largest absolute Gasteiger partial charge is 0.381 e. The zero-order chi connectivity index (χ0) is 15.3. The second-order valence-electron chi connectivity index (χ2n) is 7.58. The van der Waals surface area contributed by atoms with Crippen molar-refractivity contribution in [2.75, 3.05) is 20.3 Å². The number of likely N-dealkylation sites (N-methyl/N-ethyl adjacent to an activating group) is 1. The number of hydrogen-bond acceptors (Lipinski definition) is 2. The van der Waals surface area contributed by atoms with Crippen LogP contribution >= 0.6 is 0 Å². The molecule has 2 nitrogen and oxygen atoms in total. The van der Waals surface area contributed by atoms with Gasteiger partial charge in [-0.3, -0.25) is 0 Å². The normalized spacial score (nSPS) is 20.2. The molecule has 1 aliphatic heterocycles. The minimum Gasteiger partial charge on any atom is -0.381 e. The third-order valence-electron chi connectivity index (χ3n) is 4.93. The topological polar surface area (TPSA) is 21.3 Å². The number of hydrogen-bond donors (Lipinski definition) is 1. The zero-order valence-electron chi connectivity index (χ0n) is 14.1. The maximum Gasteiger partial charge on any atom is 0.0475 e. The van der Waals surface area contributed by atoms with Crippen molar-refractivity contribution >= 4 is 0 Å². The van der Waals surface area contributed by atoms with Crippen LogP contribution in [-0.4, -0.2) is 26.3 Å². The first-order valence-electron chi connectivity index (χ1n) is 8.28.